The largest absolute Gasteiger partial charge is 0.416 e. The summed E-state index contributed by atoms with van der Waals surface area (Å²) in [6.07, 6.45) is 3.46. The van der Waals surface area contributed by atoms with Crippen molar-refractivity contribution in [2.45, 2.75) is 56.5 Å². The topological polar surface area (TPSA) is 51.0 Å². The number of aryl methyl sites for hydroxylation is 1. The van der Waals surface area contributed by atoms with Gasteiger partial charge in [0.05, 0.1) is 0 Å². The first-order chi connectivity index (χ1) is 7.71. The van der Waals surface area contributed by atoms with E-state index >= 15 is 0 Å². The Labute approximate surface area is 102 Å². The molecule has 0 spiro atoms. The summed E-state index contributed by atoms with van der Waals surface area (Å²) in [6.45, 7) is 6.22. The van der Waals surface area contributed by atoms with E-state index in [2.05, 4.69) is 29.4 Å². The Balaban J connectivity index is 2.59. The quantitative estimate of drug-likeness (QED) is 0.746. The first-order valence-corrected chi connectivity index (χ1v) is 6.73. The van der Waals surface area contributed by atoms with E-state index in [9.17, 15) is 0 Å². The second-order valence-electron chi connectivity index (χ2n) is 3.84. The summed E-state index contributed by atoms with van der Waals surface area (Å²) in [4.78, 5) is 0. The third-order valence-electron chi connectivity index (χ3n) is 2.58. The minimum Gasteiger partial charge on any atom is -0.416 e. The molecule has 0 aliphatic carbocycles. The van der Waals surface area contributed by atoms with Crippen LogP contribution in [-0.2, 0) is 0 Å². The van der Waals surface area contributed by atoms with Crippen molar-refractivity contribution in [2.75, 3.05) is 7.05 Å². The lowest BCUT2D eigenvalue weighted by Gasteiger charge is -2.23. The number of rotatable bonds is 7. The van der Waals surface area contributed by atoms with Crippen LogP contribution in [0.4, 0.5) is 0 Å². The maximum atomic E-state index is 5.40. The summed E-state index contributed by atoms with van der Waals surface area (Å²) in [5.74, 6) is 0.633. The van der Waals surface area contributed by atoms with E-state index in [-0.39, 0.29) is 0 Å². The van der Waals surface area contributed by atoms with Gasteiger partial charge in [0, 0.05) is 18.2 Å². The molecule has 0 bridgehead atoms. The molecule has 16 heavy (non-hydrogen) atoms. The predicted octanol–water partition coefficient (Wildman–Crippen LogP) is 2.64. The van der Waals surface area contributed by atoms with Crippen molar-refractivity contribution in [3.8, 4) is 0 Å². The lowest BCUT2D eigenvalue weighted by molar-refractivity contribution is 0.423. The summed E-state index contributed by atoms with van der Waals surface area (Å²) in [5, 5.41) is 12.4. The van der Waals surface area contributed by atoms with Crippen molar-refractivity contribution >= 4 is 11.8 Å². The first kappa shape index (κ1) is 13.5. The number of hydrogen-bond donors (Lipinski definition) is 1. The number of thioether (sulfide) groups is 1. The van der Waals surface area contributed by atoms with Crippen LogP contribution in [0.15, 0.2) is 9.64 Å². The monoisotopic (exact) mass is 243 g/mol. The zero-order chi connectivity index (χ0) is 12.0. The van der Waals surface area contributed by atoms with Crippen LogP contribution >= 0.6 is 11.8 Å². The summed E-state index contributed by atoms with van der Waals surface area (Å²) in [5.41, 5.74) is 0. The SMILES string of the molecule is CCCC(NC)C(CC)Sc1nnc(C)o1. The fourth-order valence-corrected chi connectivity index (χ4v) is 2.85. The second-order valence-corrected chi connectivity index (χ2v) is 5.03. The maximum absolute atomic E-state index is 5.40. The van der Waals surface area contributed by atoms with Gasteiger partial charge in [-0.3, -0.25) is 0 Å². The lowest BCUT2D eigenvalue weighted by atomic mass is 10.1. The number of nitrogens with one attached hydrogen (secondary N) is 1. The molecule has 0 aromatic carbocycles. The fraction of sp³-hybridized carbons (Fsp3) is 0.818. The fourth-order valence-electron chi connectivity index (χ4n) is 1.73. The highest BCUT2D eigenvalue weighted by Gasteiger charge is 2.21. The van der Waals surface area contributed by atoms with Crippen LogP contribution in [0.25, 0.3) is 0 Å². The van der Waals surface area contributed by atoms with Gasteiger partial charge in [0.2, 0.25) is 5.89 Å². The van der Waals surface area contributed by atoms with Gasteiger partial charge in [0.1, 0.15) is 0 Å². The van der Waals surface area contributed by atoms with Gasteiger partial charge < -0.3 is 9.73 Å². The van der Waals surface area contributed by atoms with E-state index in [0.717, 1.165) is 6.42 Å². The van der Waals surface area contributed by atoms with Crippen LogP contribution < -0.4 is 5.32 Å². The van der Waals surface area contributed by atoms with Gasteiger partial charge in [-0.2, -0.15) is 0 Å². The molecule has 0 fully saturated rings. The van der Waals surface area contributed by atoms with Crippen LogP contribution in [-0.4, -0.2) is 28.5 Å². The van der Waals surface area contributed by atoms with E-state index in [4.69, 9.17) is 4.42 Å². The Morgan fingerprint density at radius 3 is 2.56 bits per heavy atom. The van der Waals surface area contributed by atoms with Gasteiger partial charge in [0.15, 0.2) is 0 Å². The van der Waals surface area contributed by atoms with Crippen LogP contribution in [0, 0.1) is 6.92 Å². The standard InChI is InChI=1S/C11H21N3OS/c1-5-7-9(12-4)10(6-2)16-11-14-13-8(3)15-11/h9-10,12H,5-7H2,1-4H3. The molecule has 0 aliphatic rings. The van der Waals surface area contributed by atoms with Gasteiger partial charge in [0.25, 0.3) is 5.22 Å². The smallest absolute Gasteiger partial charge is 0.276 e. The molecule has 1 aromatic heterocycles. The van der Waals surface area contributed by atoms with Crippen LogP contribution in [0.2, 0.25) is 0 Å². The zero-order valence-corrected chi connectivity index (χ0v) is 11.3. The molecule has 2 atom stereocenters. The summed E-state index contributed by atoms with van der Waals surface area (Å²) in [6, 6.07) is 0.507. The van der Waals surface area contributed by atoms with E-state index in [1.165, 1.54) is 12.8 Å². The van der Waals surface area contributed by atoms with Crippen LogP contribution in [0.1, 0.15) is 39.0 Å². The minimum absolute atomic E-state index is 0.491. The molecule has 4 nitrogen and oxygen atoms in total. The van der Waals surface area contributed by atoms with Crippen molar-refractivity contribution in [1.82, 2.24) is 15.5 Å². The molecule has 1 aromatic rings. The molecule has 0 radical (unpaired) electrons. The Morgan fingerprint density at radius 2 is 2.12 bits per heavy atom. The molecule has 1 rings (SSSR count). The van der Waals surface area contributed by atoms with E-state index in [1.807, 2.05) is 14.0 Å². The molecule has 0 amide bonds. The molecule has 0 saturated carbocycles. The van der Waals surface area contributed by atoms with Crippen LogP contribution in [0.5, 0.6) is 0 Å². The first-order valence-electron chi connectivity index (χ1n) is 5.85. The van der Waals surface area contributed by atoms with Gasteiger partial charge in [-0.15, -0.1) is 10.2 Å². The third kappa shape index (κ3) is 3.79. The van der Waals surface area contributed by atoms with E-state index in [1.54, 1.807) is 11.8 Å². The molecule has 1 heterocycles. The molecule has 0 saturated heterocycles. The number of nitrogens with zero attached hydrogens (tertiary/aromatic N) is 2. The second kappa shape index (κ2) is 6.91. The average molecular weight is 243 g/mol. The summed E-state index contributed by atoms with van der Waals surface area (Å²) < 4.78 is 5.40. The molecule has 5 heteroatoms. The van der Waals surface area contributed by atoms with Gasteiger partial charge >= 0.3 is 0 Å². The summed E-state index contributed by atoms with van der Waals surface area (Å²) >= 11 is 1.68. The van der Waals surface area contributed by atoms with Gasteiger partial charge in [-0.1, -0.05) is 32.0 Å². The average Bonchev–Trinajstić information content (AvgIpc) is 2.69. The van der Waals surface area contributed by atoms with Gasteiger partial charge in [-0.25, -0.2) is 0 Å². The van der Waals surface area contributed by atoms with Crippen molar-refractivity contribution in [1.29, 1.82) is 0 Å². The van der Waals surface area contributed by atoms with E-state index < -0.39 is 0 Å². The lowest BCUT2D eigenvalue weighted by Crippen LogP contribution is -2.35. The minimum atomic E-state index is 0.491. The highest BCUT2D eigenvalue weighted by molar-refractivity contribution is 7.99. The molecule has 92 valence electrons. The highest BCUT2D eigenvalue weighted by Crippen LogP contribution is 2.27. The Hall–Kier alpha value is -0.550. The van der Waals surface area contributed by atoms with Crippen LogP contribution in [0.3, 0.4) is 0 Å². The zero-order valence-electron chi connectivity index (χ0n) is 10.5. The van der Waals surface area contributed by atoms with Crippen molar-refractivity contribution < 1.29 is 4.42 Å². The Morgan fingerprint density at radius 1 is 1.38 bits per heavy atom. The van der Waals surface area contributed by atoms with Crippen molar-refractivity contribution in [3.05, 3.63) is 5.89 Å². The van der Waals surface area contributed by atoms with Crippen molar-refractivity contribution in [2.24, 2.45) is 0 Å². The molecular formula is C11H21N3OS. The normalized spacial score (nSPS) is 15.0. The Bertz CT molecular complexity index is 303. The third-order valence-corrected chi connectivity index (χ3v) is 3.91. The van der Waals surface area contributed by atoms with Crippen molar-refractivity contribution in [3.63, 3.8) is 0 Å². The van der Waals surface area contributed by atoms with Gasteiger partial charge in [-0.05, 0) is 19.9 Å². The number of aromatic nitrogens is 2. The number of hydrogen-bond acceptors (Lipinski definition) is 5. The molecule has 0 aliphatic heterocycles. The highest BCUT2D eigenvalue weighted by atomic mass is 32.2. The molecule has 2 unspecified atom stereocenters. The predicted molar refractivity (Wildman–Crippen MR) is 66.7 cm³/mol. The summed E-state index contributed by atoms with van der Waals surface area (Å²) in [7, 11) is 2.02. The Kier molecular flexibility index (Phi) is 5.84. The molecular weight excluding hydrogens is 222 g/mol. The van der Waals surface area contributed by atoms with E-state index in [0.29, 0.717) is 22.4 Å². The molecule has 1 N–H and O–H groups in total. The maximum Gasteiger partial charge on any atom is 0.276 e.